The van der Waals surface area contributed by atoms with E-state index in [1.54, 1.807) is 0 Å². The van der Waals surface area contributed by atoms with E-state index in [9.17, 15) is 9.59 Å². The van der Waals surface area contributed by atoms with Crippen molar-refractivity contribution in [2.45, 2.75) is 26.2 Å². The second kappa shape index (κ2) is 4.53. The van der Waals surface area contributed by atoms with Crippen molar-refractivity contribution in [1.29, 1.82) is 0 Å². The highest BCUT2D eigenvalue weighted by Crippen LogP contribution is 2.25. The molecule has 96 valence electrons. The molecule has 1 saturated heterocycles. The summed E-state index contributed by atoms with van der Waals surface area (Å²) >= 11 is 0. The predicted octanol–water partition coefficient (Wildman–Crippen LogP) is 1.45. The average molecular weight is 246 g/mol. The van der Waals surface area contributed by atoms with Gasteiger partial charge in [0, 0.05) is 0 Å². The Bertz CT molecular complexity index is 456. The summed E-state index contributed by atoms with van der Waals surface area (Å²) in [5.41, 5.74) is 1.90. The Hall–Kier alpha value is -1.68. The number of hydrogen-bond donors (Lipinski definition) is 1. The van der Waals surface area contributed by atoms with Crippen molar-refractivity contribution in [3.63, 3.8) is 0 Å². The molecule has 1 aromatic rings. The van der Waals surface area contributed by atoms with Crippen LogP contribution in [0.1, 0.15) is 26.3 Å². The summed E-state index contributed by atoms with van der Waals surface area (Å²) in [6.07, 6.45) is 0. The van der Waals surface area contributed by atoms with Gasteiger partial charge in [-0.25, -0.2) is 4.90 Å². The highest BCUT2D eigenvalue weighted by Gasteiger charge is 2.27. The van der Waals surface area contributed by atoms with Gasteiger partial charge < -0.3 is 0 Å². The van der Waals surface area contributed by atoms with E-state index in [0.717, 1.165) is 0 Å². The lowest BCUT2D eigenvalue weighted by Crippen LogP contribution is -2.52. The van der Waals surface area contributed by atoms with Crippen LogP contribution in [0.15, 0.2) is 24.3 Å². The number of carbonyl (C=O) groups is 2. The molecule has 1 N–H and O–H groups in total. The zero-order valence-corrected chi connectivity index (χ0v) is 11.0. The van der Waals surface area contributed by atoms with Crippen LogP contribution in [0, 0.1) is 0 Å². The summed E-state index contributed by atoms with van der Waals surface area (Å²) in [5.74, 6) is -0.399. The molecular weight excluding hydrogens is 228 g/mol. The van der Waals surface area contributed by atoms with E-state index in [-0.39, 0.29) is 30.3 Å². The fourth-order valence-electron chi connectivity index (χ4n) is 1.97. The molecule has 4 nitrogen and oxygen atoms in total. The van der Waals surface area contributed by atoms with Gasteiger partial charge in [0.25, 0.3) is 0 Å². The highest BCUT2D eigenvalue weighted by molar-refractivity contribution is 6.17. The molecule has 0 aromatic heterocycles. The van der Waals surface area contributed by atoms with Crippen molar-refractivity contribution in [1.82, 2.24) is 5.32 Å². The molecular formula is C14H18N2O2. The lowest BCUT2D eigenvalue weighted by Gasteiger charge is -2.26. The number of carbonyl (C=O) groups excluding carboxylic acids is 2. The van der Waals surface area contributed by atoms with E-state index in [4.69, 9.17) is 0 Å². The third kappa shape index (κ3) is 2.43. The molecule has 0 unspecified atom stereocenters. The molecule has 4 heteroatoms. The van der Waals surface area contributed by atoms with Crippen molar-refractivity contribution < 1.29 is 9.59 Å². The molecule has 18 heavy (non-hydrogen) atoms. The Morgan fingerprint density at radius 3 is 1.94 bits per heavy atom. The number of anilines is 1. The Morgan fingerprint density at radius 1 is 1.00 bits per heavy atom. The largest absolute Gasteiger partial charge is 0.300 e. The Labute approximate surface area is 107 Å². The van der Waals surface area contributed by atoms with E-state index in [1.165, 1.54) is 10.5 Å². The predicted molar refractivity (Wildman–Crippen MR) is 70.5 cm³/mol. The van der Waals surface area contributed by atoms with Crippen LogP contribution in [-0.2, 0) is 15.0 Å². The Morgan fingerprint density at radius 2 is 1.50 bits per heavy atom. The van der Waals surface area contributed by atoms with E-state index in [1.807, 2.05) is 24.3 Å². The zero-order chi connectivity index (χ0) is 13.3. The maximum absolute atomic E-state index is 11.7. The molecule has 0 saturated carbocycles. The molecule has 0 spiro atoms. The van der Waals surface area contributed by atoms with E-state index >= 15 is 0 Å². The van der Waals surface area contributed by atoms with Gasteiger partial charge in [-0.3, -0.25) is 14.9 Å². The van der Waals surface area contributed by atoms with E-state index in [2.05, 4.69) is 26.1 Å². The van der Waals surface area contributed by atoms with Crippen LogP contribution in [0.3, 0.4) is 0 Å². The number of amides is 2. The van der Waals surface area contributed by atoms with Crippen molar-refractivity contribution in [3.05, 3.63) is 29.8 Å². The minimum atomic E-state index is -0.199. The molecule has 0 radical (unpaired) electrons. The number of benzene rings is 1. The summed E-state index contributed by atoms with van der Waals surface area (Å²) in [4.78, 5) is 24.7. The van der Waals surface area contributed by atoms with Crippen LogP contribution in [0.2, 0.25) is 0 Å². The van der Waals surface area contributed by atoms with Crippen molar-refractivity contribution in [2.75, 3.05) is 18.0 Å². The summed E-state index contributed by atoms with van der Waals surface area (Å²) < 4.78 is 0. The van der Waals surface area contributed by atoms with Gasteiger partial charge in [-0.05, 0) is 23.1 Å². The van der Waals surface area contributed by atoms with Crippen LogP contribution >= 0.6 is 0 Å². The quantitative estimate of drug-likeness (QED) is 0.763. The fourth-order valence-corrected chi connectivity index (χ4v) is 1.97. The van der Waals surface area contributed by atoms with Crippen LogP contribution < -0.4 is 10.2 Å². The maximum Gasteiger partial charge on any atom is 0.247 e. The molecule has 1 aliphatic rings. The SMILES string of the molecule is CC(C)(C)c1ccc(N2C(=O)CNCC2=O)cc1. The standard InChI is InChI=1S/C14H18N2O2/c1-14(2,3)10-4-6-11(7-5-10)16-12(17)8-15-9-13(16)18/h4-7,15H,8-9H2,1-3H3. The first-order chi connectivity index (χ1) is 8.39. The second-order valence-corrected chi connectivity index (χ2v) is 5.52. The van der Waals surface area contributed by atoms with Gasteiger partial charge in [-0.15, -0.1) is 0 Å². The number of rotatable bonds is 1. The summed E-state index contributed by atoms with van der Waals surface area (Å²) in [5, 5.41) is 2.78. The molecule has 0 aliphatic carbocycles. The van der Waals surface area contributed by atoms with Gasteiger partial charge in [0.05, 0.1) is 18.8 Å². The average Bonchev–Trinajstić information content (AvgIpc) is 2.28. The van der Waals surface area contributed by atoms with Crippen LogP contribution in [0.5, 0.6) is 0 Å². The van der Waals surface area contributed by atoms with Gasteiger partial charge in [0.2, 0.25) is 11.8 Å². The monoisotopic (exact) mass is 246 g/mol. The van der Waals surface area contributed by atoms with Gasteiger partial charge in [0.1, 0.15) is 0 Å². The van der Waals surface area contributed by atoms with Gasteiger partial charge in [0.15, 0.2) is 0 Å². The van der Waals surface area contributed by atoms with Crippen LogP contribution in [-0.4, -0.2) is 24.9 Å². The molecule has 0 atom stereocenters. The van der Waals surface area contributed by atoms with Gasteiger partial charge in [-0.2, -0.15) is 0 Å². The van der Waals surface area contributed by atoms with E-state index < -0.39 is 0 Å². The zero-order valence-electron chi connectivity index (χ0n) is 11.0. The van der Waals surface area contributed by atoms with Gasteiger partial charge >= 0.3 is 0 Å². The number of imide groups is 1. The third-order valence-electron chi connectivity index (χ3n) is 3.04. The minimum absolute atomic E-state index is 0.0655. The molecule has 1 heterocycles. The number of hydrogen-bond acceptors (Lipinski definition) is 3. The highest BCUT2D eigenvalue weighted by atomic mass is 16.2. The lowest BCUT2D eigenvalue weighted by atomic mass is 9.87. The molecule has 2 amide bonds. The maximum atomic E-state index is 11.7. The Kier molecular flexibility index (Phi) is 3.22. The molecule has 1 fully saturated rings. The summed E-state index contributed by atoms with van der Waals surface area (Å²) in [7, 11) is 0. The summed E-state index contributed by atoms with van der Waals surface area (Å²) in [6.45, 7) is 6.81. The molecule has 0 bridgehead atoms. The lowest BCUT2D eigenvalue weighted by molar-refractivity contribution is -0.127. The fraction of sp³-hybridized carbons (Fsp3) is 0.429. The van der Waals surface area contributed by atoms with Gasteiger partial charge in [-0.1, -0.05) is 32.9 Å². The number of nitrogens with zero attached hydrogens (tertiary/aromatic N) is 1. The second-order valence-electron chi connectivity index (χ2n) is 5.52. The molecule has 1 aromatic carbocycles. The molecule has 2 rings (SSSR count). The number of piperazine rings is 1. The van der Waals surface area contributed by atoms with Crippen LogP contribution in [0.4, 0.5) is 5.69 Å². The van der Waals surface area contributed by atoms with Crippen molar-refractivity contribution in [2.24, 2.45) is 0 Å². The van der Waals surface area contributed by atoms with Crippen molar-refractivity contribution in [3.8, 4) is 0 Å². The first-order valence-electron chi connectivity index (χ1n) is 6.06. The first-order valence-corrected chi connectivity index (χ1v) is 6.06. The first kappa shape index (κ1) is 12.8. The third-order valence-corrected chi connectivity index (χ3v) is 3.04. The van der Waals surface area contributed by atoms with Crippen molar-refractivity contribution >= 4 is 17.5 Å². The van der Waals surface area contributed by atoms with Crippen LogP contribution in [0.25, 0.3) is 0 Å². The smallest absolute Gasteiger partial charge is 0.247 e. The summed E-state index contributed by atoms with van der Waals surface area (Å²) in [6, 6.07) is 7.61. The minimum Gasteiger partial charge on any atom is -0.300 e. The normalized spacial score (nSPS) is 17.2. The Balaban J connectivity index is 2.29. The van der Waals surface area contributed by atoms with E-state index in [0.29, 0.717) is 5.69 Å². The molecule has 1 aliphatic heterocycles. The topological polar surface area (TPSA) is 49.4 Å². The number of nitrogens with one attached hydrogen (secondary N) is 1.